The Bertz CT molecular complexity index is 718. The summed E-state index contributed by atoms with van der Waals surface area (Å²) >= 11 is 1.11. The molecule has 2 heterocycles. The number of hydrogen-bond donors (Lipinski definition) is 1. The van der Waals surface area contributed by atoms with E-state index in [1.165, 1.54) is 6.07 Å². The fourth-order valence-electron chi connectivity index (χ4n) is 1.59. The van der Waals surface area contributed by atoms with Crippen LogP contribution in [-0.2, 0) is 0 Å². The molecule has 0 spiro atoms. The van der Waals surface area contributed by atoms with Crippen LogP contribution in [0, 0.1) is 0 Å². The fourth-order valence-corrected chi connectivity index (χ4v) is 2.35. The SMILES string of the molecule is O=C(O)c1ccc(-c2nnc(-c3ccccc3)o2)s1. The monoisotopic (exact) mass is 272 g/mol. The molecular formula is C13H8N2O3S. The lowest BCUT2D eigenvalue weighted by atomic mass is 10.2. The molecule has 0 aliphatic heterocycles. The number of carbonyl (C=O) groups is 1. The van der Waals surface area contributed by atoms with Crippen LogP contribution in [0.25, 0.3) is 22.2 Å². The van der Waals surface area contributed by atoms with E-state index < -0.39 is 5.97 Å². The highest BCUT2D eigenvalue weighted by atomic mass is 32.1. The Balaban J connectivity index is 1.94. The molecule has 0 aliphatic rings. The van der Waals surface area contributed by atoms with Crippen molar-refractivity contribution >= 4 is 17.3 Å². The molecule has 3 rings (SSSR count). The largest absolute Gasteiger partial charge is 0.477 e. The number of benzene rings is 1. The topological polar surface area (TPSA) is 76.2 Å². The molecule has 0 aliphatic carbocycles. The summed E-state index contributed by atoms with van der Waals surface area (Å²) in [6.07, 6.45) is 0. The molecule has 19 heavy (non-hydrogen) atoms. The molecule has 0 saturated heterocycles. The van der Waals surface area contributed by atoms with E-state index in [1.54, 1.807) is 6.07 Å². The Hall–Kier alpha value is -2.47. The van der Waals surface area contributed by atoms with Crippen molar-refractivity contribution in [2.24, 2.45) is 0 Å². The maximum Gasteiger partial charge on any atom is 0.345 e. The van der Waals surface area contributed by atoms with E-state index >= 15 is 0 Å². The maximum atomic E-state index is 10.8. The van der Waals surface area contributed by atoms with E-state index in [0.717, 1.165) is 16.9 Å². The van der Waals surface area contributed by atoms with Crippen LogP contribution in [0.3, 0.4) is 0 Å². The number of thiophene rings is 1. The van der Waals surface area contributed by atoms with E-state index in [-0.39, 0.29) is 4.88 Å². The third-order valence-electron chi connectivity index (χ3n) is 2.47. The molecule has 0 radical (unpaired) electrons. The van der Waals surface area contributed by atoms with Gasteiger partial charge in [0.25, 0.3) is 5.89 Å². The third-order valence-corrected chi connectivity index (χ3v) is 3.53. The minimum atomic E-state index is -0.959. The molecule has 3 aromatic rings. The predicted octanol–water partition coefficient (Wildman–Crippen LogP) is 3.16. The first kappa shape index (κ1) is 11.6. The lowest BCUT2D eigenvalue weighted by molar-refractivity contribution is 0.0702. The summed E-state index contributed by atoms with van der Waals surface area (Å²) < 4.78 is 5.54. The first-order valence-electron chi connectivity index (χ1n) is 5.46. The first-order valence-corrected chi connectivity index (χ1v) is 6.28. The summed E-state index contributed by atoms with van der Waals surface area (Å²) in [6, 6.07) is 12.6. The van der Waals surface area contributed by atoms with Crippen LogP contribution < -0.4 is 0 Å². The van der Waals surface area contributed by atoms with Crippen molar-refractivity contribution in [3.05, 3.63) is 47.3 Å². The van der Waals surface area contributed by atoms with E-state index in [0.29, 0.717) is 16.7 Å². The summed E-state index contributed by atoms with van der Waals surface area (Å²) in [4.78, 5) is 11.7. The van der Waals surface area contributed by atoms with Crippen molar-refractivity contribution in [2.75, 3.05) is 0 Å². The number of hydrogen-bond acceptors (Lipinski definition) is 5. The van der Waals surface area contributed by atoms with Crippen LogP contribution in [0.2, 0.25) is 0 Å². The molecule has 0 atom stereocenters. The van der Waals surface area contributed by atoms with Crippen LogP contribution in [0.4, 0.5) is 0 Å². The minimum Gasteiger partial charge on any atom is -0.477 e. The molecule has 0 bridgehead atoms. The third kappa shape index (κ3) is 2.25. The Kier molecular flexibility index (Phi) is 2.85. The van der Waals surface area contributed by atoms with Crippen molar-refractivity contribution in [1.29, 1.82) is 0 Å². The highest BCUT2D eigenvalue weighted by molar-refractivity contribution is 7.17. The minimum absolute atomic E-state index is 0.245. The van der Waals surface area contributed by atoms with Gasteiger partial charge >= 0.3 is 5.97 Å². The molecule has 1 aromatic carbocycles. The summed E-state index contributed by atoms with van der Waals surface area (Å²) in [5, 5.41) is 16.8. The van der Waals surface area contributed by atoms with Crippen LogP contribution in [0.5, 0.6) is 0 Å². The van der Waals surface area contributed by atoms with Gasteiger partial charge in [-0.3, -0.25) is 0 Å². The lowest BCUT2D eigenvalue weighted by Gasteiger charge is -1.91. The summed E-state index contributed by atoms with van der Waals surface area (Å²) in [5.74, 6) is -0.212. The highest BCUT2D eigenvalue weighted by Gasteiger charge is 2.14. The van der Waals surface area contributed by atoms with E-state index in [9.17, 15) is 4.79 Å². The van der Waals surface area contributed by atoms with E-state index in [2.05, 4.69) is 10.2 Å². The predicted molar refractivity (Wildman–Crippen MR) is 70.0 cm³/mol. The molecule has 94 valence electrons. The van der Waals surface area contributed by atoms with E-state index in [4.69, 9.17) is 9.52 Å². The second kappa shape index (κ2) is 4.66. The van der Waals surface area contributed by atoms with Gasteiger partial charge in [0.2, 0.25) is 5.89 Å². The smallest absolute Gasteiger partial charge is 0.345 e. The van der Waals surface area contributed by atoms with Gasteiger partial charge in [0.05, 0.1) is 4.88 Å². The molecule has 0 amide bonds. The Labute approximate surface area is 112 Å². The van der Waals surface area contributed by atoms with Crippen molar-refractivity contribution in [3.8, 4) is 22.2 Å². The van der Waals surface area contributed by atoms with Crippen molar-refractivity contribution in [2.45, 2.75) is 0 Å². The number of rotatable bonds is 3. The van der Waals surface area contributed by atoms with E-state index in [1.807, 2.05) is 30.3 Å². The average molecular weight is 272 g/mol. The summed E-state index contributed by atoms with van der Waals surface area (Å²) in [7, 11) is 0. The zero-order valence-electron chi connectivity index (χ0n) is 9.61. The van der Waals surface area contributed by atoms with Crippen molar-refractivity contribution < 1.29 is 14.3 Å². The van der Waals surface area contributed by atoms with Crippen molar-refractivity contribution in [3.63, 3.8) is 0 Å². The van der Waals surface area contributed by atoms with Gasteiger partial charge in [0, 0.05) is 5.56 Å². The Morgan fingerprint density at radius 2 is 1.79 bits per heavy atom. The number of nitrogens with zero attached hydrogens (tertiary/aromatic N) is 2. The normalized spacial score (nSPS) is 10.5. The second-order valence-corrected chi connectivity index (χ2v) is 4.83. The molecule has 5 nitrogen and oxygen atoms in total. The van der Waals surface area contributed by atoms with Gasteiger partial charge in [-0.05, 0) is 24.3 Å². The quantitative estimate of drug-likeness (QED) is 0.792. The fraction of sp³-hybridized carbons (Fsp3) is 0. The van der Waals surface area contributed by atoms with Gasteiger partial charge in [-0.2, -0.15) is 0 Å². The number of carboxylic acid groups (broad SMARTS) is 1. The van der Waals surface area contributed by atoms with Gasteiger partial charge in [0.1, 0.15) is 4.88 Å². The van der Waals surface area contributed by atoms with Crippen LogP contribution in [0.1, 0.15) is 9.67 Å². The first-order chi connectivity index (χ1) is 9.24. The number of aromatic carboxylic acids is 1. The summed E-state index contributed by atoms with van der Waals surface area (Å²) in [6.45, 7) is 0. The number of aromatic nitrogens is 2. The molecule has 1 N–H and O–H groups in total. The molecule has 0 saturated carbocycles. The standard InChI is InChI=1S/C13H8N2O3S/c16-13(17)10-7-6-9(19-10)12-15-14-11(18-12)8-4-2-1-3-5-8/h1-7H,(H,16,17). The highest BCUT2D eigenvalue weighted by Crippen LogP contribution is 2.29. The van der Waals surface area contributed by atoms with Crippen LogP contribution in [-0.4, -0.2) is 21.3 Å². The van der Waals surface area contributed by atoms with Gasteiger partial charge in [-0.25, -0.2) is 4.79 Å². The van der Waals surface area contributed by atoms with Gasteiger partial charge in [-0.15, -0.1) is 21.5 Å². The summed E-state index contributed by atoms with van der Waals surface area (Å²) in [5.41, 5.74) is 0.830. The average Bonchev–Trinajstić information content (AvgIpc) is 3.09. The zero-order chi connectivity index (χ0) is 13.2. The molecular weight excluding hydrogens is 264 g/mol. The molecule has 0 fully saturated rings. The Morgan fingerprint density at radius 3 is 2.47 bits per heavy atom. The Morgan fingerprint density at radius 1 is 1.05 bits per heavy atom. The lowest BCUT2D eigenvalue weighted by Crippen LogP contribution is -1.89. The van der Waals surface area contributed by atoms with Gasteiger partial charge in [-0.1, -0.05) is 18.2 Å². The van der Waals surface area contributed by atoms with Gasteiger partial charge < -0.3 is 9.52 Å². The molecule has 6 heteroatoms. The van der Waals surface area contributed by atoms with Crippen molar-refractivity contribution in [1.82, 2.24) is 10.2 Å². The molecule has 2 aromatic heterocycles. The van der Waals surface area contributed by atoms with Crippen LogP contribution >= 0.6 is 11.3 Å². The maximum absolute atomic E-state index is 10.8. The second-order valence-electron chi connectivity index (χ2n) is 3.75. The van der Waals surface area contributed by atoms with Gasteiger partial charge in [0.15, 0.2) is 0 Å². The number of carboxylic acids is 1. The zero-order valence-corrected chi connectivity index (χ0v) is 10.4. The van der Waals surface area contributed by atoms with Crippen LogP contribution in [0.15, 0.2) is 46.9 Å². The molecule has 0 unspecified atom stereocenters.